The van der Waals surface area contributed by atoms with Gasteiger partial charge in [-0.1, -0.05) is 12.1 Å². The molecular formula is C17H29N3O. The molecule has 1 aliphatic rings. The summed E-state index contributed by atoms with van der Waals surface area (Å²) in [6.07, 6.45) is 1.08. The van der Waals surface area contributed by atoms with E-state index >= 15 is 0 Å². The minimum absolute atomic E-state index is 0.506. The highest BCUT2D eigenvalue weighted by Gasteiger charge is 2.23. The third-order valence-electron chi connectivity index (χ3n) is 4.10. The van der Waals surface area contributed by atoms with Gasteiger partial charge in [0.25, 0.3) is 0 Å². The molecule has 0 spiro atoms. The van der Waals surface area contributed by atoms with Crippen LogP contribution in [0.1, 0.15) is 20.3 Å². The molecular weight excluding hydrogens is 262 g/mol. The minimum Gasteiger partial charge on any atom is -0.382 e. The van der Waals surface area contributed by atoms with Gasteiger partial charge in [0.05, 0.1) is 11.4 Å². The second-order valence-electron chi connectivity index (χ2n) is 5.71. The van der Waals surface area contributed by atoms with Crippen LogP contribution in [0.5, 0.6) is 0 Å². The number of hydrogen-bond donors (Lipinski definition) is 1. The van der Waals surface area contributed by atoms with Gasteiger partial charge in [-0.2, -0.15) is 0 Å². The number of benzene rings is 1. The largest absolute Gasteiger partial charge is 0.382 e. The summed E-state index contributed by atoms with van der Waals surface area (Å²) in [5.41, 5.74) is 2.70. The Hall–Kier alpha value is -1.26. The van der Waals surface area contributed by atoms with Crippen LogP contribution in [0.15, 0.2) is 24.3 Å². The molecule has 4 heteroatoms. The fourth-order valence-corrected chi connectivity index (χ4v) is 2.85. The van der Waals surface area contributed by atoms with Crippen LogP contribution < -0.4 is 15.1 Å². The predicted octanol–water partition coefficient (Wildman–Crippen LogP) is 2.35. The van der Waals surface area contributed by atoms with Crippen LogP contribution in [-0.4, -0.2) is 52.5 Å². The molecule has 0 aliphatic carbocycles. The zero-order valence-corrected chi connectivity index (χ0v) is 13.6. The van der Waals surface area contributed by atoms with Crippen LogP contribution in [0, 0.1) is 0 Å². The zero-order valence-electron chi connectivity index (χ0n) is 13.6. The second kappa shape index (κ2) is 8.25. The lowest BCUT2D eigenvalue weighted by Gasteiger charge is -2.40. The van der Waals surface area contributed by atoms with Crippen LogP contribution in [0.2, 0.25) is 0 Å². The summed E-state index contributed by atoms with van der Waals surface area (Å²) in [4.78, 5) is 4.86. The Labute approximate surface area is 129 Å². The minimum atomic E-state index is 0.506. The number of ether oxygens (including phenoxy) is 1. The van der Waals surface area contributed by atoms with E-state index in [4.69, 9.17) is 4.74 Å². The summed E-state index contributed by atoms with van der Waals surface area (Å²) in [5, 5.41) is 3.55. The zero-order chi connectivity index (χ0) is 15.1. The summed E-state index contributed by atoms with van der Waals surface area (Å²) >= 11 is 0. The summed E-state index contributed by atoms with van der Waals surface area (Å²) < 4.78 is 5.36. The highest BCUT2D eigenvalue weighted by atomic mass is 16.5. The van der Waals surface area contributed by atoms with Gasteiger partial charge in [0.2, 0.25) is 0 Å². The van der Waals surface area contributed by atoms with E-state index in [0.29, 0.717) is 6.04 Å². The smallest absolute Gasteiger partial charge is 0.0607 e. The normalized spacial score (nSPS) is 16.0. The molecule has 1 unspecified atom stereocenters. The number of para-hydroxylation sites is 2. The first-order valence-corrected chi connectivity index (χ1v) is 8.09. The average Bonchev–Trinajstić information content (AvgIpc) is 2.51. The number of nitrogens with zero attached hydrogens (tertiary/aromatic N) is 2. The molecule has 0 saturated carbocycles. The quantitative estimate of drug-likeness (QED) is 0.744. The van der Waals surface area contributed by atoms with E-state index in [1.165, 1.54) is 11.4 Å². The molecule has 1 atom stereocenters. The maximum atomic E-state index is 5.36. The number of hydrogen-bond acceptors (Lipinski definition) is 4. The first-order chi connectivity index (χ1) is 10.2. The molecule has 0 amide bonds. The van der Waals surface area contributed by atoms with Crippen LogP contribution in [0.4, 0.5) is 11.4 Å². The highest BCUT2D eigenvalue weighted by molar-refractivity contribution is 5.73. The van der Waals surface area contributed by atoms with Gasteiger partial charge in [-0.25, -0.2) is 0 Å². The molecule has 0 fully saturated rings. The molecule has 1 aromatic rings. The van der Waals surface area contributed by atoms with Gasteiger partial charge in [-0.05, 0) is 38.9 Å². The predicted molar refractivity (Wildman–Crippen MR) is 90.5 cm³/mol. The lowest BCUT2D eigenvalue weighted by Crippen LogP contribution is -2.47. The number of nitrogens with one attached hydrogen (secondary N) is 1. The van der Waals surface area contributed by atoms with Crippen LogP contribution in [0.25, 0.3) is 0 Å². The topological polar surface area (TPSA) is 27.7 Å². The van der Waals surface area contributed by atoms with Gasteiger partial charge in [-0.3, -0.25) is 0 Å². The Morgan fingerprint density at radius 1 is 1.24 bits per heavy atom. The van der Waals surface area contributed by atoms with E-state index in [1.807, 2.05) is 6.92 Å². The first-order valence-electron chi connectivity index (χ1n) is 8.09. The van der Waals surface area contributed by atoms with Crippen LogP contribution in [0.3, 0.4) is 0 Å². The number of fused-ring (bicyclic) bond motifs is 1. The second-order valence-corrected chi connectivity index (χ2v) is 5.71. The van der Waals surface area contributed by atoms with Crippen molar-refractivity contribution >= 4 is 11.4 Å². The molecule has 2 rings (SSSR count). The van der Waals surface area contributed by atoms with E-state index < -0.39 is 0 Å². The van der Waals surface area contributed by atoms with Crippen molar-refractivity contribution in [3.8, 4) is 0 Å². The van der Waals surface area contributed by atoms with Crippen LogP contribution >= 0.6 is 0 Å². The van der Waals surface area contributed by atoms with E-state index in [0.717, 1.165) is 45.8 Å². The van der Waals surface area contributed by atoms with Crippen molar-refractivity contribution in [3.63, 3.8) is 0 Å². The standard InChI is InChI=1S/C17H29N3O/c1-4-21-13-7-10-18-14-15(2)20-12-11-19(3)16-8-5-6-9-17(16)20/h5-6,8-9,15,18H,4,7,10-14H2,1-3H3. The van der Waals surface area contributed by atoms with Gasteiger partial charge < -0.3 is 19.9 Å². The lowest BCUT2D eigenvalue weighted by molar-refractivity contribution is 0.144. The summed E-state index contributed by atoms with van der Waals surface area (Å²) in [5.74, 6) is 0. The van der Waals surface area contributed by atoms with Crippen molar-refractivity contribution in [1.82, 2.24) is 5.32 Å². The van der Waals surface area contributed by atoms with Gasteiger partial charge in [0, 0.05) is 45.9 Å². The molecule has 1 N–H and O–H groups in total. The Balaban J connectivity index is 1.83. The Bertz CT molecular complexity index is 424. The Morgan fingerprint density at radius 3 is 2.76 bits per heavy atom. The monoisotopic (exact) mass is 291 g/mol. The molecule has 1 heterocycles. The van der Waals surface area contributed by atoms with Gasteiger partial charge >= 0.3 is 0 Å². The molecule has 21 heavy (non-hydrogen) atoms. The van der Waals surface area contributed by atoms with Crippen molar-refractivity contribution in [1.29, 1.82) is 0 Å². The third-order valence-corrected chi connectivity index (χ3v) is 4.10. The molecule has 4 nitrogen and oxygen atoms in total. The number of likely N-dealkylation sites (N-methyl/N-ethyl adjacent to an activating group) is 1. The fraction of sp³-hybridized carbons (Fsp3) is 0.647. The molecule has 1 aliphatic heterocycles. The van der Waals surface area contributed by atoms with Crippen molar-refractivity contribution in [2.24, 2.45) is 0 Å². The van der Waals surface area contributed by atoms with E-state index in [2.05, 4.69) is 53.4 Å². The van der Waals surface area contributed by atoms with Gasteiger partial charge in [0.15, 0.2) is 0 Å². The molecule has 0 saturated heterocycles. The first kappa shape index (κ1) is 16.1. The summed E-state index contributed by atoms with van der Waals surface area (Å²) in [7, 11) is 2.17. The van der Waals surface area contributed by atoms with E-state index in [9.17, 15) is 0 Å². The summed E-state index contributed by atoms with van der Waals surface area (Å²) in [6.45, 7) is 10.2. The molecule has 0 bridgehead atoms. The maximum Gasteiger partial charge on any atom is 0.0607 e. The number of anilines is 2. The average molecular weight is 291 g/mol. The third kappa shape index (κ3) is 4.35. The molecule has 118 valence electrons. The van der Waals surface area contributed by atoms with Crippen LogP contribution in [-0.2, 0) is 4.74 Å². The molecule has 0 aromatic heterocycles. The SMILES string of the molecule is CCOCCCNCC(C)N1CCN(C)c2ccccc21. The van der Waals surface area contributed by atoms with Gasteiger partial charge in [0.1, 0.15) is 0 Å². The lowest BCUT2D eigenvalue weighted by atomic mass is 10.1. The van der Waals surface area contributed by atoms with Crippen molar-refractivity contribution in [2.45, 2.75) is 26.3 Å². The molecule has 1 aromatic carbocycles. The highest BCUT2D eigenvalue weighted by Crippen LogP contribution is 2.32. The van der Waals surface area contributed by atoms with Crippen molar-refractivity contribution < 1.29 is 4.74 Å². The Kier molecular flexibility index (Phi) is 6.33. The molecule has 0 radical (unpaired) electrons. The van der Waals surface area contributed by atoms with Gasteiger partial charge in [-0.15, -0.1) is 0 Å². The van der Waals surface area contributed by atoms with Crippen molar-refractivity contribution in [3.05, 3.63) is 24.3 Å². The number of rotatable bonds is 8. The fourth-order valence-electron chi connectivity index (χ4n) is 2.85. The van der Waals surface area contributed by atoms with Crippen molar-refractivity contribution in [2.75, 3.05) is 56.2 Å². The maximum absolute atomic E-state index is 5.36. The summed E-state index contributed by atoms with van der Waals surface area (Å²) in [6, 6.07) is 9.20. The van der Waals surface area contributed by atoms with E-state index in [-0.39, 0.29) is 0 Å². The van der Waals surface area contributed by atoms with E-state index in [1.54, 1.807) is 0 Å². The Morgan fingerprint density at radius 2 is 2.00 bits per heavy atom.